The van der Waals surface area contributed by atoms with Gasteiger partial charge in [0, 0.05) is 5.02 Å². The molecule has 7 heteroatoms. The van der Waals surface area contributed by atoms with E-state index in [1.54, 1.807) is 54.6 Å². The number of ether oxygens (including phenoxy) is 1. The van der Waals surface area contributed by atoms with E-state index in [0.717, 1.165) is 5.56 Å². The van der Waals surface area contributed by atoms with Crippen molar-refractivity contribution in [2.24, 2.45) is 0 Å². The van der Waals surface area contributed by atoms with Gasteiger partial charge in [-0.25, -0.2) is 0 Å². The second-order valence-corrected chi connectivity index (χ2v) is 9.08. The minimum absolute atomic E-state index is 0.0103. The van der Waals surface area contributed by atoms with Gasteiger partial charge in [0.2, 0.25) is 0 Å². The molecule has 0 aliphatic carbocycles. The average molecular weight is 525 g/mol. The lowest BCUT2D eigenvalue weighted by molar-refractivity contribution is -0.120. The van der Waals surface area contributed by atoms with Crippen molar-refractivity contribution < 1.29 is 14.3 Å². The second-order valence-electron chi connectivity index (χ2n) is 8.28. The highest BCUT2D eigenvalue weighted by molar-refractivity contribution is 7.81. The van der Waals surface area contributed by atoms with Gasteiger partial charge in [0.25, 0.3) is 11.8 Å². The summed E-state index contributed by atoms with van der Waals surface area (Å²) in [7, 11) is 0. The molecule has 4 aromatic carbocycles. The molecule has 1 heterocycles. The molecule has 0 atom stereocenters. The van der Waals surface area contributed by atoms with E-state index in [0.29, 0.717) is 34.3 Å². The second kappa shape index (κ2) is 10.8. The van der Waals surface area contributed by atoms with Crippen LogP contribution in [0.15, 0.2) is 115 Å². The van der Waals surface area contributed by atoms with Crippen LogP contribution in [0, 0.1) is 0 Å². The standard InChI is InChI=1S/C30H21ClN2O3S/c31-23-15-11-22(12-16-23)20-36-26-17-13-21(14-18-26)19-27-28(34)32(24-7-3-1-4-8-24)30(37)33(29(27)35)25-9-5-2-6-10-25/h1-19H,20H2. The van der Waals surface area contributed by atoms with E-state index < -0.39 is 11.8 Å². The molecule has 0 radical (unpaired) electrons. The molecule has 182 valence electrons. The number of amides is 2. The van der Waals surface area contributed by atoms with Crippen LogP contribution in [0.5, 0.6) is 5.75 Å². The summed E-state index contributed by atoms with van der Waals surface area (Å²) < 4.78 is 5.85. The van der Waals surface area contributed by atoms with Gasteiger partial charge < -0.3 is 4.74 Å². The molecule has 0 aromatic heterocycles. The molecule has 1 aliphatic rings. The van der Waals surface area contributed by atoms with E-state index in [9.17, 15) is 9.59 Å². The first-order valence-corrected chi connectivity index (χ1v) is 12.3. The van der Waals surface area contributed by atoms with Crippen molar-refractivity contribution in [1.29, 1.82) is 0 Å². The van der Waals surface area contributed by atoms with Gasteiger partial charge in [-0.3, -0.25) is 19.4 Å². The van der Waals surface area contributed by atoms with Crippen molar-refractivity contribution in [3.8, 4) is 5.75 Å². The van der Waals surface area contributed by atoms with Gasteiger partial charge in [-0.2, -0.15) is 0 Å². The molecule has 5 nitrogen and oxygen atoms in total. The molecule has 0 N–H and O–H groups in total. The monoisotopic (exact) mass is 524 g/mol. The minimum Gasteiger partial charge on any atom is -0.489 e. The van der Waals surface area contributed by atoms with Crippen LogP contribution in [0.2, 0.25) is 5.02 Å². The Morgan fingerprint density at radius 3 is 1.73 bits per heavy atom. The van der Waals surface area contributed by atoms with Crippen LogP contribution in [0.25, 0.3) is 6.08 Å². The third-order valence-electron chi connectivity index (χ3n) is 5.79. The average Bonchev–Trinajstić information content (AvgIpc) is 2.93. The molecule has 5 rings (SSSR count). The lowest BCUT2D eigenvalue weighted by atomic mass is 10.0. The fraction of sp³-hybridized carbons (Fsp3) is 0.0333. The molecular formula is C30H21ClN2O3S. The fourth-order valence-corrected chi connectivity index (χ4v) is 4.42. The van der Waals surface area contributed by atoms with Crippen molar-refractivity contribution in [2.75, 3.05) is 9.80 Å². The molecule has 0 unspecified atom stereocenters. The molecule has 37 heavy (non-hydrogen) atoms. The van der Waals surface area contributed by atoms with Crippen LogP contribution in [-0.4, -0.2) is 16.9 Å². The van der Waals surface area contributed by atoms with Crippen LogP contribution in [0.3, 0.4) is 0 Å². The molecule has 4 aromatic rings. The summed E-state index contributed by atoms with van der Waals surface area (Å²) in [5.74, 6) is -0.288. The number of carbonyl (C=O) groups excluding carboxylic acids is 2. The van der Waals surface area contributed by atoms with E-state index in [2.05, 4.69) is 0 Å². The highest BCUT2D eigenvalue weighted by Crippen LogP contribution is 2.30. The van der Waals surface area contributed by atoms with Crippen molar-refractivity contribution in [3.05, 3.63) is 131 Å². The van der Waals surface area contributed by atoms with E-state index in [-0.39, 0.29) is 10.7 Å². The number of para-hydroxylation sites is 2. The summed E-state index contributed by atoms with van der Waals surface area (Å²) in [6.45, 7) is 0.393. The Bertz CT molecular complexity index is 1410. The van der Waals surface area contributed by atoms with Crippen LogP contribution < -0.4 is 14.5 Å². The van der Waals surface area contributed by atoms with Crippen molar-refractivity contribution >= 4 is 58.2 Å². The van der Waals surface area contributed by atoms with Gasteiger partial charge in [0.05, 0.1) is 11.4 Å². The van der Waals surface area contributed by atoms with Crippen LogP contribution >= 0.6 is 23.8 Å². The number of carbonyl (C=O) groups is 2. The molecule has 1 aliphatic heterocycles. The summed E-state index contributed by atoms with van der Waals surface area (Å²) in [5.41, 5.74) is 2.86. The molecular weight excluding hydrogens is 504 g/mol. The largest absolute Gasteiger partial charge is 0.489 e. The Kier molecular flexibility index (Phi) is 7.12. The zero-order chi connectivity index (χ0) is 25.8. The SMILES string of the molecule is O=C1C(=Cc2ccc(OCc3ccc(Cl)cc3)cc2)C(=O)N(c2ccccc2)C(=S)N1c1ccccc1. The first kappa shape index (κ1) is 24.4. The molecule has 0 spiro atoms. The van der Waals surface area contributed by atoms with Gasteiger partial charge in [-0.15, -0.1) is 0 Å². The number of halogens is 1. The van der Waals surface area contributed by atoms with Gasteiger partial charge in [0.1, 0.15) is 17.9 Å². The summed E-state index contributed by atoms with van der Waals surface area (Å²) in [4.78, 5) is 29.9. The summed E-state index contributed by atoms with van der Waals surface area (Å²) in [6, 6.07) is 32.8. The van der Waals surface area contributed by atoms with E-state index in [4.69, 9.17) is 28.6 Å². The number of hydrogen-bond acceptors (Lipinski definition) is 4. The summed E-state index contributed by atoms with van der Waals surface area (Å²) in [6.07, 6.45) is 1.58. The highest BCUT2D eigenvalue weighted by atomic mass is 35.5. The maximum Gasteiger partial charge on any atom is 0.270 e. The first-order valence-electron chi connectivity index (χ1n) is 11.5. The summed E-state index contributed by atoms with van der Waals surface area (Å²) in [5, 5.41) is 0.779. The Morgan fingerprint density at radius 1 is 0.703 bits per heavy atom. The summed E-state index contributed by atoms with van der Waals surface area (Å²) >= 11 is 11.6. The topological polar surface area (TPSA) is 49.9 Å². The minimum atomic E-state index is -0.476. The Balaban J connectivity index is 1.44. The molecule has 1 fully saturated rings. The highest BCUT2D eigenvalue weighted by Gasteiger charge is 2.41. The molecule has 0 bridgehead atoms. The number of nitrogens with zero attached hydrogens (tertiary/aromatic N) is 2. The predicted molar refractivity (Wildman–Crippen MR) is 151 cm³/mol. The fourth-order valence-electron chi connectivity index (χ4n) is 3.91. The maximum atomic E-state index is 13.6. The van der Waals surface area contributed by atoms with Gasteiger partial charge in [0.15, 0.2) is 5.11 Å². The smallest absolute Gasteiger partial charge is 0.270 e. The molecule has 2 amide bonds. The lowest BCUT2D eigenvalue weighted by Gasteiger charge is -2.36. The molecule has 0 saturated carbocycles. The zero-order valence-electron chi connectivity index (χ0n) is 19.6. The lowest BCUT2D eigenvalue weighted by Crippen LogP contribution is -2.56. The van der Waals surface area contributed by atoms with Crippen molar-refractivity contribution in [2.45, 2.75) is 6.61 Å². The number of benzene rings is 4. The van der Waals surface area contributed by atoms with Gasteiger partial charge in [-0.05, 0) is 78.0 Å². The third-order valence-corrected chi connectivity index (χ3v) is 6.41. The predicted octanol–water partition coefficient (Wildman–Crippen LogP) is 6.67. The normalized spacial score (nSPS) is 13.6. The molecule has 1 saturated heterocycles. The number of thiocarbonyl (C=S) groups is 1. The number of anilines is 2. The maximum absolute atomic E-state index is 13.6. The van der Waals surface area contributed by atoms with Crippen molar-refractivity contribution in [1.82, 2.24) is 0 Å². The van der Waals surface area contributed by atoms with Crippen LogP contribution in [0.4, 0.5) is 11.4 Å². The van der Waals surface area contributed by atoms with E-state index in [1.807, 2.05) is 60.7 Å². The quantitative estimate of drug-likeness (QED) is 0.161. The number of rotatable bonds is 6. The first-order chi connectivity index (χ1) is 18.0. The van der Waals surface area contributed by atoms with Crippen LogP contribution in [0.1, 0.15) is 11.1 Å². The Hall–Kier alpha value is -4.26. The number of hydrogen-bond donors (Lipinski definition) is 0. The third kappa shape index (κ3) is 5.31. The van der Waals surface area contributed by atoms with Gasteiger partial charge >= 0.3 is 0 Å². The van der Waals surface area contributed by atoms with Crippen molar-refractivity contribution in [3.63, 3.8) is 0 Å². The van der Waals surface area contributed by atoms with E-state index >= 15 is 0 Å². The Labute approximate surface area is 225 Å². The zero-order valence-corrected chi connectivity index (χ0v) is 21.2. The van der Waals surface area contributed by atoms with Crippen LogP contribution in [-0.2, 0) is 16.2 Å². The Morgan fingerprint density at radius 2 is 1.22 bits per heavy atom. The van der Waals surface area contributed by atoms with E-state index in [1.165, 1.54) is 9.80 Å². The van der Waals surface area contributed by atoms with Gasteiger partial charge in [-0.1, -0.05) is 72.3 Å².